The molecule has 25 heavy (non-hydrogen) atoms. The maximum Gasteiger partial charge on any atom is 0.241 e. The van der Waals surface area contributed by atoms with Gasteiger partial charge in [0.25, 0.3) is 0 Å². The number of methoxy groups -OCH3 is 1. The van der Waals surface area contributed by atoms with Crippen molar-refractivity contribution in [2.24, 2.45) is 0 Å². The predicted octanol–water partition coefficient (Wildman–Crippen LogP) is 3.58. The van der Waals surface area contributed by atoms with E-state index in [4.69, 9.17) is 9.47 Å². The number of ether oxygens (including phenoxy) is 2. The smallest absolute Gasteiger partial charge is 0.241 e. The van der Waals surface area contributed by atoms with Crippen LogP contribution in [0, 0.1) is 6.92 Å². The van der Waals surface area contributed by atoms with E-state index in [0.717, 1.165) is 16.9 Å². The molecule has 3 rings (SSSR count). The Bertz CT molecular complexity index is 890. The predicted molar refractivity (Wildman–Crippen MR) is 96.6 cm³/mol. The van der Waals surface area contributed by atoms with Crippen LogP contribution in [0.2, 0.25) is 0 Å². The highest BCUT2D eigenvalue weighted by atomic mass is 32.2. The fourth-order valence-electron chi connectivity index (χ4n) is 3.18. The highest BCUT2D eigenvalue weighted by Crippen LogP contribution is 2.40. The molecule has 0 radical (unpaired) electrons. The van der Waals surface area contributed by atoms with E-state index < -0.39 is 15.6 Å². The molecule has 5 nitrogen and oxygen atoms in total. The molecule has 134 valence electrons. The zero-order valence-corrected chi connectivity index (χ0v) is 15.7. The van der Waals surface area contributed by atoms with E-state index in [9.17, 15) is 8.42 Å². The molecule has 0 aliphatic carbocycles. The van der Waals surface area contributed by atoms with Crippen molar-refractivity contribution in [3.63, 3.8) is 0 Å². The molecule has 1 aliphatic heterocycles. The van der Waals surface area contributed by atoms with Crippen molar-refractivity contribution < 1.29 is 17.9 Å². The van der Waals surface area contributed by atoms with Crippen LogP contribution in [0.5, 0.6) is 11.5 Å². The number of benzene rings is 2. The Morgan fingerprint density at radius 1 is 1.20 bits per heavy atom. The van der Waals surface area contributed by atoms with Crippen molar-refractivity contribution >= 4 is 10.0 Å². The topological polar surface area (TPSA) is 64.6 Å². The van der Waals surface area contributed by atoms with Gasteiger partial charge in [-0.15, -0.1) is 0 Å². The molecule has 0 aromatic heterocycles. The van der Waals surface area contributed by atoms with Crippen LogP contribution in [0.15, 0.2) is 47.4 Å². The zero-order valence-electron chi connectivity index (χ0n) is 14.9. The summed E-state index contributed by atoms with van der Waals surface area (Å²) in [5.74, 6) is 1.38. The highest BCUT2D eigenvalue weighted by molar-refractivity contribution is 7.89. The van der Waals surface area contributed by atoms with Gasteiger partial charge < -0.3 is 9.47 Å². The first-order valence-electron chi connectivity index (χ1n) is 8.17. The fraction of sp³-hybridized carbons (Fsp3) is 0.368. The van der Waals surface area contributed by atoms with E-state index in [0.29, 0.717) is 12.2 Å². The van der Waals surface area contributed by atoms with Gasteiger partial charge in [-0.25, -0.2) is 13.1 Å². The van der Waals surface area contributed by atoms with Gasteiger partial charge in [-0.3, -0.25) is 0 Å². The van der Waals surface area contributed by atoms with E-state index in [2.05, 4.69) is 4.72 Å². The number of rotatable bonds is 4. The monoisotopic (exact) mass is 361 g/mol. The molecule has 0 saturated carbocycles. The zero-order chi connectivity index (χ0) is 18.2. The minimum atomic E-state index is -3.66. The summed E-state index contributed by atoms with van der Waals surface area (Å²) in [6.07, 6.45) is 0.554. The first-order valence-corrected chi connectivity index (χ1v) is 9.65. The maximum atomic E-state index is 12.9. The van der Waals surface area contributed by atoms with Crippen LogP contribution < -0.4 is 14.2 Å². The third-order valence-electron chi connectivity index (χ3n) is 4.35. The molecule has 2 aromatic rings. The lowest BCUT2D eigenvalue weighted by Gasteiger charge is -2.37. The van der Waals surface area contributed by atoms with Gasteiger partial charge in [-0.05, 0) is 50.6 Å². The van der Waals surface area contributed by atoms with Crippen LogP contribution in [0.3, 0.4) is 0 Å². The molecule has 2 aromatic carbocycles. The highest BCUT2D eigenvalue weighted by Gasteiger charge is 2.35. The number of hydrogen-bond acceptors (Lipinski definition) is 4. The maximum absolute atomic E-state index is 12.9. The third kappa shape index (κ3) is 3.65. The Balaban J connectivity index is 1.94. The Labute approximate surface area is 149 Å². The van der Waals surface area contributed by atoms with Crippen LogP contribution in [0.1, 0.15) is 37.4 Å². The summed E-state index contributed by atoms with van der Waals surface area (Å²) < 4.78 is 39.8. The van der Waals surface area contributed by atoms with Crippen molar-refractivity contribution in [3.8, 4) is 11.5 Å². The third-order valence-corrected chi connectivity index (χ3v) is 5.82. The quantitative estimate of drug-likeness (QED) is 0.904. The minimum absolute atomic E-state index is 0.229. The normalized spacial score (nSPS) is 19.0. The van der Waals surface area contributed by atoms with Crippen LogP contribution in [-0.4, -0.2) is 21.1 Å². The number of para-hydroxylation sites is 1. The summed E-state index contributed by atoms with van der Waals surface area (Å²) in [5.41, 5.74) is 1.19. The summed E-state index contributed by atoms with van der Waals surface area (Å²) in [7, 11) is -2.10. The summed E-state index contributed by atoms with van der Waals surface area (Å²) in [5, 5.41) is 0. The number of hydrogen-bond donors (Lipinski definition) is 1. The van der Waals surface area contributed by atoms with Gasteiger partial charge in [0, 0.05) is 12.0 Å². The van der Waals surface area contributed by atoms with E-state index in [1.807, 2.05) is 45.0 Å². The van der Waals surface area contributed by atoms with Crippen molar-refractivity contribution in [1.29, 1.82) is 0 Å². The Morgan fingerprint density at radius 3 is 2.60 bits per heavy atom. The van der Waals surface area contributed by atoms with Gasteiger partial charge in [0.15, 0.2) is 0 Å². The molecule has 1 heterocycles. The van der Waals surface area contributed by atoms with Crippen molar-refractivity contribution in [1.82, 2.24) is 4.72 Å². The number of nitrogens with one attached hydrogen (secondary N) is 1. The Hall–Kier alpha value is -2.05. The van der Waals surface area contributed by atoms with Gasteiger partial charge in [-0.2, -0.15) is 0 Å². The van der Waals surface area contributed by atoms with Gasteiger partial charge in [0.1, 0.15) is 17.1 Å². The molecule has 1 N–H and O–H groups in total. The first-order chi connectivity index (χ1) is 11.7. The van der Waals surface area contributed by atoms with Crippen molar-refractivity contribution in [2.45, 2.75) is 43.7 Å². The average molecular weight is 361 g/mol. The molecule has 1 aliphatic rings. The number of aryl methyl sites for hydroxylation is 1. The fourth-order valence-corrected chi connectivity index (χ4v) is 4.48. The Morgan fingerprint density at radius 2 is 1.92 bits per heavy atom. The number of fused-ring (bicyclic) bond motifs is 1. The molecule has 0 spiro atoms. The second-order valence-corrected chi connectivity index (χ2v) is 8.62. The average Bonchev–Trinajstić information content (AvgIpc) is 2.53. The van der Waals surface area contributed by atoms with Crippen LogP contribution in [-0.2, 0) is 10.0 Å². The molecule has 0 bridgehead atoms. The van der Waals surface area contributed by atoms with Crippen LogP contribution in [0.25, 0.3) is 0 Å². The second kappa shape index (κ2) is 6.35. The molecule has 0 saturated heterocycles. The van der Waals surface area contributed by atoms with Crippen molar-refractivity contribution in [2.75, 3.05) is 7.11 Å². The first kappa shape index (κ1) is 17.8. The molecule has 0 unspecified atom stereocenters. The minimum Gasteiger partial charge on any atom is -0.496 e. The summed E-state index contributed by atoms with van der Waals surface area (Å²) in [6.45, 7) is 5.74. The van der Waals surface area contributed by atoms with Crippen LogP contribution in [0.4, 0.5) is 0 Å². The lowest BCUT2D eigenvalue weighted by molar-refractivity contribution is 0.0702. The standard InChI is InChI=1S/C19H23NO4S/c1-13-11-14(9-10-17(13)23-4)25(21,22)20-16-12-19(2,3)24-18-8-6-5-7-15(16)18/h5-11,16,20H,12H2,1-4H3/t16-/m0/s1. The summed E-state index contributed by atoms with van der Waals surface area (Å²) in [6, 6.07) is 12.1. The van der Waals surface area contributed by atoms with Gasteiger partial charge >= 0.3 is 0 Å². The summed E-state index contributed by atoms with van der Waals surface area (Å²) in [4.78, 5) is 0.229. The lowest BCUT2D eigenvalue weighted by atomic mass is 9.90. The molecule has 0 fully saturated rings. The van der Waals surface area contributed by atoms with E-state index in [-0.39, 0.29) is 10.9 Å². The summed E-state index contributed by atoms with van der Waals surface area (Å²) >= 11 is 0. The lowest BCUT2D eigenvalue weighted by Crippen LogP contribution is -2.41. The van der Waals surface area contributed by atoms with E-state index in [1.165, 1.54) is 0 Å². The van der Waals surface area contributed by atoms with Crippen LogP contribution >= 0.6 is 0 Å². The molecular weight excluding hydrogens is 338 g/mol. The van der Waals surface area contributed by atoms with Gasteiger partial charge in [0.05, 0.1) is 18.0 Å². The van der Waals surface area contributed by atoms with E-state index in [1.54, 1.807) is 25.3 Å². The Kier molecular flexibility index (Phi) is 4.51. The van der Waals surface area contributed by atoms with Gasteiger partial charge in [-0.1, -0.05) is 18.2 Å². The molecule has 0 amide bonds. The SMILES string of the molecule is COc1ccc(S(=O)(=O)N[C@H]2CC(C)(C)Oc3ccccc32)cc1C. The molecule has 6 heteroatoms. The molecular formula is C19H23NO4S. The van der Waals surface area contributed by atoms with E-state index >= 15 is 0 Å². The number of sulfonamides is 1. The largest absolute Gasteiger partial charge is 0.496 e. The van der Waals surface area contributed by atoms with Crippen molar-refractivity contribution in [3.05, 3.63) is 53.6 Å². The van der Waals surface area contributed by atoms with Gasteiger partial charge in [0.2, 0.25) is 10.0 Å². The molecule has 1 atom stereocenters. The second-order valence-electron chi connectivity index (χ2n) is 6.91.